The molecular formula is C19H21N5O3. The second-order valence-electron chi connectivity index (χ2n) is 6.48. The van der Waals surface area contributed by atoms with Crippen molar-refractivity contribution in [1.82, 2.24) is 24.5 Å². The van der Waals surface area contributed by atoms with Gasteiger partial charge in [-0.15, -0.1) is 5.10 Å². The van der Waals surface area contributed by atoms with Gasteiger partial charge in [0.25, 0.3) is 11.7 Å². The van der Waals surface area contributed by atoms with Crippen LogP contribution in [0.3, 0.4) is 0 Å². The molecule has 3 aromatic rings. The number of rotatable bonds is 5. The van der Waals surface area contributed by atoms with Crippen molar-refractivity contribution in [2.24, 2.45) is 0 Å². The molecule has 27 heavy (non-hydrogen) atoms. The topological polar surface area (TPSA) is 81.9 Å². The van der Waals surface area contributed by atoms with Crippen molar-refractivity contribution in [3.8, 4) is 11.5 Å². The van der Waals surface area contributed by atoms with E-state index in [-0.39, 0.29) is 17.8 Å². The average molecular weight is 367 g/mol. The van der Waals surface area contributed by atoms with Gasteiger partial charge in [0.15, 0.2) is 17.6 Å². The molecular weight excluding hydrogens is 346 g/mol. The number of benzene rings is 1. The maximum Gasteiger partial charge on any atom is 0.293 e. The smallest absolute Gasteiger partial charge is 0.293 e. The number of hydrogen-bond donors (Lipinski definition) is 0. The van der Waals surface area contributed by atoms with Crippen LogP contribution in [0.25, 0.3) is 5.78 Å². The Balaban J connectivity index is 1.53. The van der Waals surface area contributed by atoms with Crippen LogP contribution in [0, 0.1) is 6.92 Å². The fourth-order valence-electron chi connectivity index (χ4n) is 3.08. The van der Waals surface area contributed by atoms with E-state index in [4.69, 9.17) is 9.47 Å². The molecule has 0 saturated carbocycles. The molecule has 4 rings (SSSR count). The van der Waals surface area contributed by atoms with Crippen molar-refractivity contribution in [2.75, 3.05) is 19.7 Å². The fraction of sp³-hybridized carbons (Fsp3) is 0.368. The molecule has 0 fully saturated rings. The third kappa shape index (κ3) is 3.42. The van der Waals surface area contributed by atoms with Crippen molar-refractivity contribution in [2.45, 2.75) is 26.4 Å². The summed E-state index contributed by atoms with van der Waals surface area (Å²) in [6.45, 7) is 5.30. The summed E-state index contributed by atoms with van der Waals surface area (Å²) in [6, 6.07) is 9.36. The van der Waals surface area contributed by atoms with Crippen LogP contribution in [-0.2, 0) is 0 Å². The Hall–Kier alpha value is -3.16. The third-order valence-corrected chi connectivity index (χ3v) is 4.39. The molecule has 0 spiro atoms. The molecule has 3 heterocycles. The first-order valence-electron chi connectivity index (χ1n) is 9.02. The molecule has 8 nitrogen and oxygen atoms in total. The standard InChI is InChI=1S/C19H21N5O3/c1-3-10-23(11-14-12-26-15-6-4-5-7-16(15)27-14)18(25)17-21-19-20-9-8-13(2)24(19)22-17/h4-9,14H,3,10-12H2,1-2H3. The minimum Gasteiger partial charge on any atom is -0.486 e. The van der Waals surface area contributed by atoms with Gasteiger partial charge < -0.3 is 14.4 Å². The maximum atomic E-state index is 13.0. The maximum absolute atomic E-state index is 13.0. The lowest BCUT2D eigenvalue weighted by Gasteiger charge is -2.30. The molecule has 8 heteroatoms. The van der Waals surface area contributed by atoms with E-state index in [1.807, 2.05) is 44.2 Å². The summed E-state index contributed by atoms with van der Waals surface area (Å²) in [7, 11) is 0. The molecule has 1 aliphatic rings. The van der Waals surface area contributed by atoms with Crippen molar-refractivity contribution < 1.29 is 14.3 Å². The van der Waals surface area contributed by atoms with Gasteiger partial charge in [0.05, 0.1) is 6.54 Å². The summed E-state index contributed by atoms with van der Waals surface area (Å²) in [5.74, 6) is 1.75. The molecule has 0 aliphatic carbocycles. The number of fused-ring (bicyclic) bond motifs is 2. The minimum absolute atomic E-state index is 0.141. The van der Waals surface area contributed by atoms with Crippen LogP contribution in [0.15, 0.2) is 36.5 Å². The van der Waals surface area contributed by atoms with E-state index in [1.165, 1.54) is 0 Å². The second-order valence-corrected chi connectivity index (χ2v) is 6.48. The van der Waals surface area contributed by atoms with Gasteiger partial charge in [-0.1, -0.05) is 19.1 Å². The third-order valence-electron chi connectivity index (χ3n) is 4.39. The Kier molecular flexibility index (Phi) is 4.62. The molecule has 1 unspecified atom stereocenters. The van der Waals surface area contributed by atoms with Crippen LogP contribution in [-0.4, -0.2) is 56.2 Å². The van der Waals surface area contributed by atoms with Crippen molar-refractivity contribution in [3.63, 3.8) is 0 Å². The number of nitrogens with zero attached hydrogens (tertiary/aromatic N) is 5. The zero-order valence-electron chi connectivity index (χ0n) is 15.3. The highest BCUT2D eigenvalue weighted by Crippen LogP contribution is 2.31. The first kappa shape index (κ1) is 17.3. The molecule has 1 aromatic carbocycles. The van der Waals surface area contributed by atoms with Crippen LogP contribution in [0.5, 0.6) is 11.5 Å². The molecule has 1 atom stereocenters. The predicted octanol–water partition coefficient (Wildman–Crippen LogP) is 2.12. The number of aryl methyl sites for hydroxylation is 1. The molecule has 0 N–H and O–H groups in total. The monoisotopic (exact) mass is 367 g/mol. The van der Waals surface area contributed by atoms with E-state index in [9.17, 15) is 4.79 Å². The largest absolute Gasteiger partial charge is 0.486 e. The lowest BCUT2D eigenvalue weighted by Crippen LogP contribution is -2.44. The minimum atomic E-state index is -0.243. The van der Waals surface area contributed by atoms with Crippen LogP contribution in [0.1, 0.15) is 29.7 Å². The van der Waals surface area contributed by atoms with E-state index in [2.05, 4.69) is 15.1 Å². The SMILES string of the molecule is CCCN(CC1COc2ccccc2O1)C(=O)c1nc2nccc(C)n2n1. The van der Waals surface area contributed by atoms with Crippen LogP contribution in [0.2, 0.25) is 0 Å². The lowest BCUT2D eigenvalue weighted by molar-refractivity contribution is 0.0455. The Morgan fingerprint density at radius 1 is 1.30 bits per heavy atom. The van der Waals surface area contributed by atoms with Crippen LogP contribution >= 0.6 is 0 Å². The highest BCUT2D eigenvalue weighted by molar-refractivity contribution is 5.90. The van der Waals surface area contributed by atoms with Gasteiger partial charge in [0.2, 0.25) is 5.82 Å². The van der Waals surface area contributed by atoms with E-state index >= 15 is 0 Å². The molecule has 0 saturated heterocycles. The highest BCUT2D eigenvalue weighted by Gasteiger charge is 2.27. The predicted molar refractivity (Wildman–Crippen MR) is 98.1 cm³/mol. The van der Waals surface area contributed by atoms with Gasteiger partial charge in [-0.3, -0.25) is 4.79 Å². The van der Waals surface area contributed by atoms with Crippen molar-refractivity contribution >= 4 is 11.7 Å². The normalized spacial score (nSPS) is 15.7. The number of hydrogen-bond acceptors (Lipinski definition) is 6. The zero-order valence-corrected chi connectivity index (χ0v) is 15.3. The molecule has 0 radical (unpaired) electrons. The van der Waals surface area contributed by atoms with Crippen LogP contribution in [0.4, 0.5) is 0 Å². The van der Waals surface area contributed by atoms with Gasteiger partial charge in [-0.25, -0.2) is 9.50 Å². The van der Waals surface area contributed by atoms with Gasteiger partial charge in [-0.05, 0) is 31.5 Å². The van der Waals surface area contributed by atoms with Gasteiger partial charge >= 0.3 is 0 Å². The zero-order chi connectivity index (χ0) is 18.8. The Morgan fingerprint density at radius 2 is 2.11 bits per heavy atom. The second kappa shape index (κ2) is 7.22. The Morgan fingerprint density at radius 3 is 2.89 bits per heavy atom. The summed E-state index contributed by atoms with van der Waals surface area (Å²) in [6.07, 6.45) is 2.23. The van der Waals surface area contributed by atoms with E-state index < -0.39 is 0 Å². The number of amides is 1. The molecule has 1 amide bonds. The number of para-hydroxylation sites is 2. The summed E-state index contributed by atoms with van der Waals surface area (Å²) in [4.78, 5) is 23.2. The van der Waals surface area contributed by atoms with Gasteiger partial charge in [0.1, 0.15) is 6.61 Å². The first-order valence-corrected chi connectivity index (χ1v) is 9.02. The lowest BCUT2D eigenvalue weighted by atomic mass is 10.2. The highest BCUT2D eigenvalue weighted by atomic mass is 16.6. The van der Waals surface area contributed by atoms with Crippen molar-refractivity contribution in [3.05, 3.63) is 48.0 Å². The van der Waals surface area contributed by atoms with Gasteiger partial charge in [0, 0.05) is 18.4 Å². The molecule has 0 bridgehead atoms. The summed E-state index contributed by atoms with van der Waals surface area (Å²) >= 11 is 0. The van der Waals surface area contributed by atoms with Gasteiger partial charge in [-0.2, -0.15) is 4.98 Å². The number of carbonyl (C=O) groups excluding carboxylic acids is 1. The van der Waals surface area contributed by atoms with E-state index in [0.29, 0.717) is 31.2 Å². The van der Waals surface area contributed by atoms with Crippen molar-refractivity contribution in [1.29, 1.82) is 0 Å². The number of aromatic nitrogens is 4. The summed E-state index contributed by atoms with van der Waals surface area (Å²) in [5.41, 5.74) is 0.870. The number of carbonyl (C=O) groups is 1. The average Bonchev–Trinajstić information content (AvgIpc) is 3.13. The van der Waals surface area contributed by atoms with E-state index in [0.717, 1.165) is 17.9 Å². The number of ether oxygens (including phenoxy) is 2. The summed E-state index contributed by atoms with van der Waals surface area (Å²) < 4.78 is 13.3. The van der Waals surface area contributed by atoms with Crippen LogP contribution < -0.4 is 9.47 Å². The molecule has 1 aliphatic heterocycles. The summed E-state index contributed by atoms with van der Waals surface area (Å²) in [5, 5.41) is 4.32. The Bertz CT molecular complexity index is 971. The quantitative estimate of drug-likeness (QED) is 0.687. The fourth-order valence-corrected chi connectivity index (χ4v) is 3.08. The Labute approximate surface area is 156 Å². The first-order chi connectivity index (χ1) is 13.2. The van der Waals surface area contributed by atoms with E-state index in [1.54, 1.807) is 15.6 Å². The molecule has 2 aromatic heterocycles. The molecule has 140 valence electrons.